The van der Waals surface area contributed by atoms with Gasteiger partial charge in [-0.15, -0.1) is 0 Å². The van der Waals surface area contributed by atoms with Crippen LogP contribution in [0.3, 0.4) is 0 Å². The molecule has 0 spiro atoms. The van der Waals surface area contributed by atoms with Crippen molar-refractivity contribution in [1.82, 2.24) is 24.4 Å². The molecule has 1 unspecified atom stereocenters. The topological polar surface area (TPSA) is 111 Å². The van der Waals surface area contributed by atoms with Gasteiger partial charge in [-0.25, -0.2) is 17.8 Å². The van der Waals surface area contributed by atoms with Crippen molar-refractivity contribution in [3.05, 3.63) is 35.7 Å². The molecular weight excluding hydrogens is 432 g/mol. The Morgan fingerprint density at radius 1 is 1.19 bits per heavy atom. The average molecular weight is 467 g/mol. The van der Waals surface area contributed by atoms with E-state index in [9.17, 15) is 8.42 Å². The van der Waals surface area contributed by atoms with E-state index in [-0.39, 0.29) is 12.8 Å². The van der Waals surface area contributed by atoms with Crippen molar-refractivity contribution in [2.75, 3.05) is 37.9 Å². The van der Waals surface area contributed by atoms with E-state index in [1.165, 1.54) is 37.9 Å². The van der Waals surface area contributed by atoms with Gasteiger partial charge in [0.25, 0.3) is 0 Å². The second kappa shape index (κ2) is 11.6. The van der Waals surface area contributed by atoms with Crippen molar-refractivity contribution in [3.63, 3.8) is 0 Å². The first-order chi connectivity index (χ1) is 15.3. The van der Waals surface area contributed by atoms with Gasteiger partial charge in [-0.2, -0.15) is 10.1 Å². The number of hydrogen-bond acceptors (Lipinski definition) is 8. The molecule has 1 aromatic heterocycles. The Kier molecular flexibility index (Phi) is 8.85. The van der Waals surface area contributed by atoms with Gasteiger partial charge in [0.05, 0.1) is 19.4 Å². The maximum Gasteiger partial charge on any atom is 0.223 e. The van der Waals surface area contributed by atoms with E-state index in [2.05, 4.69) is 37.2 Å². The maximum atomic E-state index is 11.2. The molecule has 1 aliphatic heterocycles. The molecule has 0 saturated carbocycles. The van der Waals surface area contributed by atoms with Gasteiger partial charge in [-0.3, -0.25) is 4.90 Å². The van der Waals surface area contributed by atoms with Crippen molar-refractivity contribution in [2.24, 2.45) is 7.05 Å². The summed E-state index contributed by atoms with van der Waals surface area (Å²) < 4.78 is 38.0. The third kappa shape index (κ3) is 8.38. The third-order valence-corrected chi connectivity index (χ3v) is 5.77. The van der Waals surface area contributed by atoms with Crippen molar-refractivity contribution in [1.29, 1.82) is 0 Å². The number of nitrogens with one attached hydrogen (secondary N) is 2. The largest absolute Gasteiger partial charge is 0.491 e. The number of likely N-dealkylation sites (tertiary alicyclic amines) is 1. The molecule has 2 heterocycles. The lowest BCUT2D eigenvalue weighted by Crippen LogP contribution is -2.29. The van der Waals surface area contributed by atoms with Gasteiger partial charge in [0.1, 0.15) is 18.6 Å². The SMILES string of the molecule is CC(Nc1nc(CNS(C)(=O)=O)nn1C)OCCOc1cccc(CN2CCCCC2)c1. The first-order valence-electron chi connectivity index (χ1n) is 11.0. The summed E-state index contributed by atoms with van der Waals surface area (Å²) in [7, 11) is -1.57. The quantitative estimate of drug-likeness (QED) is 0.359. The number of rotatable bonds is 12. The molecule has 2 aromatic rings. The number of benzene rings is 1. The van der Waals surface area contributed by atoms with Gasteiger partial charge in [0.15, 0.2) is 5.82 Å². The lowest BCUT2D eigenvalue weighted by atomic mass is 10.1. The molecule has 3 rings (SSSR count). The Labute approximate surface area is 190 Å². The van der Waals surface area contributed by atoms with E-state index in [0.29, 0.717) is 25.0 Å². The third-order valence-electron chi connectivity index (χ3n) is 5.10. The van der Waals surface area contributed by atoms with Crippen LogP contribution in [0.25, 0.3) is 0 Å². The summed E-state index contributed by atoms with van der Waals surface area (Å²) in [4.78, 5) is 6.78. The first kappa shape index (κ1) is 24.4. The van der Waals surface area contributed by atoms with Gasteiger partial charge in [-0.1, -0.05) is 18.6 Å². The summed E-state index contributed by atoms with van der Waals surface area (Å²) in [6.45, 7) is 6.05. The molecule has 0 bridgehead atoms. The summed E-state index contributed by atoms with van der Waals surface area (Å²) in [6.07, 6.45) is 4.69. The highest BCUT2D eigenvalue weighted by Gasteiger charge is 2.13. The van der Waals surface area contributed by atoms with Crippen LogP contribution in [0.1, 0.15) is 37.6 Å². The minimum atomic E-state index is -3.30. The molecule has 1 saturated heterocycles. The van der Waals surface area contributed by atoms with Gasteiger partial charge in [-0.05, 0) is 50.6 Å². The zero-order valence-electron chi connectivity index (χ0n) is 19.1. The molecule has 10 nitrogen and oxygen atoms in total. The van der Waals surface area contributed by atoms with Crippen molar-refractivity contribution in [2.45, 2.75) is 45.5 Å². The number of ether oxygens (including phenoxy) is 2. The summed E-state index contributed by atoms with van der Waals surface area (Å²) in [5, 5.41) is 7.30. The number of hydrogen-bond donors (Lipinski definition) is 2. The molecule has 0 radical (unpaired) electrons. The van der Waals surface area contributed by atoms with E-state index in [1.807, 2.05) is 19.1 Å². The maximum absolute atomic E-state index is 11.2. The van der Waals surface area contributed by atoms with E-state index in [4.69, 9.17) is 9.47 Å². The van der Waals surface area contributed by atoms with Crippen molar-refractivity contribution in [3.8, 4) is 5.75 Å². The van der Waals surface area contributed by atoms with E-state index >= 15 is 0 Å². The predicted octanol–water partition coefficient (Wildman–Crippen LogP) is 1.70. The van der Waals surface area contributed by atoms with Gasteiger partial charge < -0.3 is 14.8 Å². The Morgan fingerprint density at radius 2 is 1.97 bits per heavy atom. The zero-order chi connectivity index (χ0) is 23.0. The standard InChI is InChI=1S/C21H34N6O4S/c1-17(23-21-24-20(25-26(21)2)15-22-32(3,28)29)30-12-13-31-19-9-7-8-18(14-19)16-27-10-5-4-6-11-27/h7-9,14,17,22H,4-6,10-13,15-16H2,1-3H3,(H,23,24,25). The highest BCUT2D eigenvalue weighted by Crippen LogP contribution is 2.17. The minimum absolute atomic E-state index is 0.0360. The fourth-order valence-electron chi connectivity index (χ4n) is 3.55. The second-order valence-electron chi connectivity index (χ2n) is 8.06. The number of piperidine rings is 1. The van der Waals surface area contributed by atoms with Crippen LogP contribution in [0.15, 0.2) is 24.3 Å². The number of aryl methyl sites for hydroxylation is 1. The molecule has 0 amide bonds. The summed E-state index contributed by atoms with van der Waals surface area (Å²) >= 11 is 0. The molecular formula is C21H34N6O4S. The van der Waals surface area contributed by atoms with Crippen LogP contribution in [0.4, 0.5) is 5.95 Å². The highest BCUT2D eigenvalue weighted by molar-refractivity contribution is 7.88. The fourth-order valence-corrected chi connectivity index (χ4v) is 3.94. The normalized spacial score (nSPS) is 16.1. The van der Waals surface area contributed by atoms with E-state index in [1.54, 1.807) is 11.7 Å². The lowest BCUT2D eigenvalue weighted by molar-refractivity contribution is 0.0595. The van der Waals surface area contributed by atoms with Gasteiger partial charge in [0.2, 0.25) is 16.0 Å². The molecule has 1 aromatic carbocycles. The van der Waals surface area contributed by atoms with Crippen LogP contribution in [-0.2, 0) is 34.9 Å². The molecule has 178 valence electrons. The van der Waals surface area contributed by atoms with E-state index in [0.717, 1.165) is 18.6 Å². The van der Waals surface area contributed by atoms with E-state index < -0.39 is 10.0 Å². The zero-order valence-corrected chi connectivity index (χ0v) is 19.9. The molecule has 1 aliphatic rings. The molecule has 1 fully saturated rings. The summed E-state index contributed by atoms with van der Waals surface area (Å²) in [5.74, 6) is 1.72. The molecule has 1 atom stereocenters. The Morgan fingerprint density at radius 3 is 2.72 bits per heavy atom. The predicted molar refractivity (Wildman–Crippen MR) is 123 cm³/mol. The van der Waals surface area contributed by atoms with Gasteiger partial charge in [0, 0.05) is 13.6 Å². The highest BCUT2D eigenvalue weighted by atomic mass is 32.2. The van der Waals surface area contributed by atoms with Crippen molar-refractivity contribution < 1.29 is 17.9 Å². The smallest absolute Gasteiger partial charge is 0.223 e. The number of nitrogens with zero attached hydrogens (tertiary/aromatic N) is 4. The molecule has 0 aliphatic carbocycles. The summed E-state index contributed by atoms with van der Waals surface area (Å²) in [6, 6.07) is 8.24. The van der Waals surface area contributed by atoms with Crippen LogP contribution in [0.2, 0.25) is 0 Å². The number of aromatic nitrogens is 3. The second-order valence-corrected chi connectivity index (χ2v) is 9.89. The van der Waals surface area contributed by atoms with Crippen LogP contribution in [-0.4, -0.2) is 66.9 Å². The summed E-state index contributed by atoms with van der Waals surface area (Å²) in [5.41, 5.74) is 1.27. The first-order valence-corrected chi connectivity index (χ1v) is 12.8. The van der Waals surface area contributed by atoms with Crippen LogP contribution in [0.5, 0.6) is 5.75 Å². The monoisotopic (exact) mass is 466 g/mol. The minimum Gasteiger partial charge on any atom is -0.491 e. The molecule has 11 heteroatoms. The van der Waals surface area contributed by atoms with Crippen LogP contribution in [0, 0.1) is 0 Å². The fraction of sp³-hybridized carbons (Fsp3) is 0.619. The Bertz CT molecular complexity index is 959. The van der Waals surface area contributed by atoms with Crippen LogP contribution < -0.4 is 14.8 Å². The molecule has 32 heavy (non-hydrogen) atoms. The number of anilines is 1. The van der Waals surface area contributed by atoms with Gasteiger partial charge >= 0.3 is 0 Å². The lowest BCUT2D eigenvalue weighted by Gasteiger charge is -2.26. The van der Waals surface area contributed by atoms with Crippen LogP contribution >= 0.6 is 0 Å². The Hall–Kier alpha value is -2.21. The molecule has 2 N–H and O–H groups in total. The number of sulfonamides is 1. The van der Waals surface area contributed by atoms with Crippen molar-refractivity contribution >= 4 is 16.0 Å². The average Bonchev–Trinajstić information content (AvgIpc) is 3.09. The Balaban J connectivity index is 1.38.